The van der Waals surface area contributed by atoms with Crippen LogP contribution in [0.2, 0.25) is 0 Å². The molecule has 0 aliphatic carbocycles. The van der Waals surface area contributed by atoms with E-state index in [-0.39, 0.29) is 11.4 Å². The Morgan fingerprint density at radius 1 is 0.851 bits per heavy atom. The molecule has 12 heteroatoms. The van der Waals surface area contributed by atoms with Crippen LogP contribution in [-0.4, -0.2) is 72.5 Å². The smallest absolute Gasteiger partial charge is 0.255 e. The molecular formula is C35H35FN6O5. The van der Waals surface area contributed by atoms with Crippen molar-refractivity contribution in [1.82, 2.24) is 25.1 Å². The summed E-state index contributed by atoms with van der Waals surface area (Å²) >= 11 is 0. The number of tetrazole rings is 1. The molecule has 11 nitrogen and oxygen atoms in total. The average molecular weight is 639 g/mol. The maximum Gasteiger partial charge on any atom is 0.255 e. The van der Waals surface area contributed by atoms with Gasteiger partial charge in [-0.05, 0) is 83.3 Å². The van der Waals surface area contributed by atoms with Crippen LogP contribution in [0.15, 0.2) is 72.8 Å². The minimum atomic E-state index is -0.513. The van der Waals surface area contributed by atoms with E-state index in [1.54, 1.807) is 26.4 Å². The Hall–Kier alpha value is -5.49. The fourth-order valence-electron chi connectivity index (χ4n) is 5.64. The van der Waals surface area contributed by atoms with Gasteiger partial charge in [-0.15, -0.1) is 15.0 Å². The number of hydrogen-bond acceptors (Lipinski definition) is 9. The number of carbonyl (C=O) groups is 1. The number of rotatable bonds is 11. The number of methoxy groups -OCH3 is 4. The maximum absolute atomic E-state index is 13.8. The lowest BCUT2D eigenvalue weighted by Gasteiger charge is -2.29. The summed E-state index contributed by atoms with van der Waals surface area (Å²) in [6.07, 6.45) is 1.85. The molecule has 0 spiro atoms. The first-order valence-corrected chi connectivity index (χ1v) is 15.1. The number of amides is 1. The van der Waals surface area contributed by atoms with Crippen molar-refractivity contribution < 1.29 is 28.1 Å². The van der Waals surface area contributed by atoms with E-state index >= 15 is 0 Å². The minimum absolute atomic E-state index is 0.161. The Morgan fingerprint density at radius 2 is 1.53 bits per heavy atom. The number of fused-ring (bicyclic) bond motifs is 1. The Kier molecular flexibility index (Phi) is 9.30. The fraction of sp³-hybridized carbons (Fsp3) is 0.257. The molecule has 1 aliphatic heterocycles. The maximum atomic E-state index is 13.8. The second kappa shape index (κ2) is 13.9. The molecule has 0 saturated carbocycles. The van der Waals surface area contributed by atoms with Crippen molar-refractivity contribution in [2.75, 3.05) is 46.8 Å². The van der Waals surface area contributed by atoms with Crippen LogP contribution < -0.4 is 24.3 Å². The fourth-order valence-corrected chi connectivity index (χ4v) is 5.64. The van der Waals surface area contributed by atoms with Crippen LogP contribution in [0.4, 0.5) is 10.1 Å². The summed E-state index contributed by atoms with van der Waals surface area (Å²) in [5.74, 6) is 1.57. The monoisotopic (exact) mass is 638 g/mol. The third-order valence-corrected chi connectivity index (χ3v) is 8.19. The lowest BCUT2D eigenvalue weighted by atomic mass is 9.98. The average Bonchev–Trinajstić information content (AvgIpc) is 3.60. The van der Waals surface area contributed by atoms with Crippen molar-refractivity contribution in [3.8, 4) is 40.1 Å². The topological polar surface area (TPSA) is 113 Å². The van der Waals surface area contributed by atoms with Crippen LogP contribution >= 0.6 is 0 Å². The van der Waals surface area contributed by atoms with E-state index in [2.05, 4.69) is 49.9 Å². The summed E-state index contributed by atoms with van der Waals surface area (Å²) in [4.78, 5) is 16.9. The van der Waals surface area contributed by atoms with Gasteiger partial charge in [-0.25, -0.2) is 4.39 Å². The third kappa shape index (κ3) is 6.87. The molecule has 0 radical (unpaired) electrons. The van der Waals surface area contributed by atoms with Gasteiger partial charge in [0.1, 0.15) is 5.82 Å². The first-order valence-electron chi connectivity index (χ1n) is 15.1. The van der Waals surface area contributed by atoms with Gasteiger partial charge in [0.2, 0.25) is 5.82 Å². The summed E-state index contributed by atoms with van der Waals surface area (Å²) < 4.78 is 35.7. The minimum Gasteiger partial charge on any atom is -0.493 e. The number of carbonyl (C=O) groups excluding carboxylic acids is 1. The van der Waals surface area contributed by atoms with Crippen LogP contribution in [0.3, 0.4) is 0 Å². The predicted octanol–water partition coefficient (Wildman–Crippen LogP) is 5.36. The van der Waals surface area contributed by atoms with Gasteiger partial charge in [-0.1, -0.05) is 18.2 Å². The molecule has 2 heterocycles. The number of anilines is 1. The standard InChI is InChI=1S/C35H35FN6O5/c1-44-30-17-23-13-15-41(21-25(23)18-31(30)45-2)14-12-22-8-10-27(11-9-22)42-39-34(38-40-42)28-19-32(46-3)33(47-4)20-29(28)37-35(43)24-6-5-7-26(36)16-24/h5-11,16-20H,12-15,21H2,1-4H3,(H,37,43). The molecule has 242 valence electrons. The van der Waals surface area contributed by atoms with E-state index in [4.69, 9.17) is 18.9 Å². The highest BCUT2D eigenvalue weighted by atomic mass is 19.1. The lowest BCUT2D eigenvalue weighted by Crippen LogP contribution is -2.32. The molecule has 5 aromatic rings. The zero-order valence-electron chi connectivity index (χ0n) is 26.6. The molecular weight excluding hydrogens is 603 g/mol. The van der Waals surface area contributed by atoms with Crippen LogP contribution in [0.1, 0.15) is 27.0 Å². The number of aromatic nitrogens is 4. The van der Waals surface area contributed by atoms with Crippen molar-refractivity contribution >= 4 is 11.6 Å². The zero-order valence-corrected chi connectivity index (χ0v) is 26.6. The van der Waals surface area contributed by atoms with Crippen molar-refractivity contribution in [2.45, 2.75) is 19.4 Å². The number of halogens is 1. The summed E-state index contributed by atoms with van der Waals surface area (Å²) in [7, 11) is 6.33. The number of benzene rings is 4. The molecule has 47 heavy (non-hydrogen) atoms. The van der Waals surface area contributed by atoms with Gasteiger partial charge < -0.3 is 24.3 Å². The van der Waals surface area contributed by atoms with Crippen LogP contribution in [0, 0.1) is 5.82 Å². The zero-order chi connectivity index (χ0) is 32.9. The molecule has 1 aliphatic rings. The molecule has 6 rings (SSSR count). The van der Waals surface area contributed by atoms with Gasteiger partial charge >= 0.3 is 0 Å². The van der Waals surface area contributed by atoms with Crippen molar-refractivity contribution in [2.24, 2.45) is 0 Å². The summed E-state index contributed by atoms with van der Waals surface area (Å²) in [5, 5.41) is 15.9. The molecule has 0 bridgehead atoms. The Balaban J connectivity index is 1.16. The van der Waals surface area contributed by atoms with E-state index in [0.29, 0.717) is 22.7 Å². The normalized spacial score (nSPS) is 12.7. The molecule has 4 aromatic carbocycles. The third-order valence-electron chi connectivity index (χ3n) is 8.19. The molecule has 1 aromatic heterocycles. The second-order valence-electron chi connectivity index (χ2n) is 11.0. The number of ether oxygens (including phenoxy) is 4. The van der Waals surface area contributed by atoms with Crippen molar-refractivity contribution in [3.63, 3.8) is 0 Å². The Morgan fingerprint density at radius 3 is 2.23 bits per heavy atom. The van der Waals surface area contributed by atoms with Gasteiger partial charge in [0.25, 0.3) is 5.91 Å². The number of nitrogens with zero attached hydrogens (tertiary/aromatic N) is 5. The molecule has 0 atom stereocenters. The highest BCUT2D eigenvalue weighted by molar-refractivity contribution is 6.06. The molecule has 1 N–H and O–H groups in total. The summed E-state index contributed by atoms with van der Waals surface area (Å²) in [5.41, 5.74) is 5.45. The first-order chi connectivity index (χ1) is 22.9. The van der Waals surface area contributed by atoms with E-state index in [1.165, 1.54) is 53.9 Å². The quantitative estimate of drug-likeness (QED) is 0.204. The van der Waals surface area contributed by atoms with E-state index in [0.717, 1.165) is 55.7 Å². The summed E-state index contributed by atoms with van der Waals surface area (Å²) in [6.45, 7) is 2.76. The predicted molar refractivity (Wildman–Crippen MR) is 174 cm³/mol. The van der Waals surface area contributed by atoms with Gasteiger partial charge in [-0.2, -0.15) is 0 Å². The molecule has 1 amide bonds. The highest BCUT2D eigenvalue weighted by Gasteiger charge is 2.21. The largest absolute Gasteiger partial charge is 0.493 e. The summed E-state index contributed by atoms with van der Waals surface area (Å²) in [6, 6.07) is 20.9. The van der Waals surface area contributed by atoms with Gasteiger partial charge in [0.05, 0.1) is 45.4 Å². The Labute approximate surface area is 271 Å². The Bertz CT molecular complexity index is 1890. The highest BCUT2D eigenvalue weighted by Crippen LogP contribution is 2.38. The molecule has 0 unspecified atom stereocenters. The molecule has 0 saturated heterocycles. The molecule has 0 fully saturated rings. The SMILES string of the molecule is COc1cc2c(cc1OC)CN(CCc1ccc(-n3nnc(-c4cc(OC)c(OC)cc4NC(=O)c4cccc(F)c4)n3)cc1)CC2. The van der Waals surface area contributed by atoms with E-state index in [9.17, 15) is 9.18 Å². The van der Waals surface area contributed by atoms with Crippen LogP contribution in [0.5, 0.6) is 23.0 Å². The van der Waals surface area contributed by atoms with E-state index < -0.39 is 11.7 Å². The van der Waals surface area contributed by atoms with Gasteiger partial charge in [0, 0.05) is 31.3 Å². The number of nitrogens with one attached hydrogen (secondary N) is 1. The van der Waals surface area contributed by atoms with Gasteiger partial charge in [-0.3, -0.25) is 9.69 Å². The van der Waals surface area contributed by atoms with Crippen LogP contribution in [0.25, 0.3) is 17.1 Å². The van der Waals surface area contributed by atoms with Crippen molar-refractivity contribution in [3.05, 3.63) is 101 Å². The number of hydrogen-bond donors (Lipinski definition) is 1. The lowest BCUT2D eigenvalue weighted by molar-refractivity contribution is 0.102. The second-order valence-corrected chi connectivity index (χ2v) is 11.0. The van der Waals surface area contributed by atoms with Crippen LogP contribution in [-0.2, 0) is 19.4 Å². The first kappa shape index (κ1) is 31.5. The van der Waals surface area contributed by atoms with Crippen molar-refractivity contribution in [1.29, 1.82) is 0 Å². The van der Waals surface area contributed by atoms with E-state index in [1.807, 2.05) is 12.1 Å². The van der Waals surface area contributed by atoms with Gasteiger partial charge in [0.15, 0.2) is 23.0 Å².